The Bertz CT molecular complexity index is 1030. The molecular weight excluding hydrogens is 403 g/mol. The Kier molecular flexibility index (Phi) is 5.39. The van der Waals surface area contributed by atoms with Crippen molar-refractivity contribution in [3.05, 3.63) is 34.6 Å². The first-order valence-corrected chi connectivity index (χ1v) is 9.55. The molecule has 28 heavy (non-hydrogen) atoms. The molecule has 0 radical (unpaired) electrons. The van der Waals surface area contributed by atoms with Gasteiger partial charge in [0, 0.05) is 29.8 Å². The third kappa shape index (κ3) is 3.65. The van der Waals surface area contributed by atoms with Gasteiger partial charge in [0.25, 0.3) is 0 Å². The molecule has 0 aliphatic carbocycles. The molecule has 1 fully saturated rings. The van der Waals surface area contributed by atoms with Crippen molar-refractivity contribution in [1.82, 2.24) is 15.0 Å². The van der Waals surface area contributed by atoms with Crippen LogP contribution in [0.4, 0.5) is 5.95 Å². The van der Waals surface area contributed by atoms with Gasteiger partial charge in [-0.15, -0.1) is 0 Å². The van der Waals surface area contributed by atoms with Crippen LogP contribution in [0.15, 0.2) is 24.5 Å². The van der Waals surface area contributed by atoms with Crippen LogP contribution in [-0.4, -0.2) is 46.4 Å². The highest BCUT2D eigenvalue weighted by atomic mass is 35.5. The average molecular weight is 421 g/mol. The highest BCUT2D eigenvalue weighted by Crippen LogP contribution is 2.45. The summed E-state index contributed by atoms with van der Waals surface area (Å²) >= 11 is 12.7. The lowest BCUT2D eigenvalue weighted by molar-refractivity contribution is 0.0874. The Morgan fingerprint density at radius 3 is 2.82 bits per heavy atom. The highest BCUT2D eigenvalue weighted by molar-refractivity contribution is 6.41. The Hall–Kier alpha value is -2.35. The molecule has 7 nitrogen and oxygen atoms in total. The summed E-state index contributed by atoms with van der Waals surface area (Å²) in [6.07, 6.45) is 5.37. The Morgan fingerprint density at radius 1 is 1.21 bits per heavy atom. The number of hydrogen-bond donors (Lipinski definition) is 2. The fourth-order valence-corrected chi connectivity index (χ4v) is 3.77. The predicted molar refractivity (Wildman–Crippen MR) is 108 cm³/mol. The van der Waals surface area contributed by atoms with E-state index in [4.69, 9.17) is 32.7 Å². The quantitative estimate of drug-likeness (QED) is 0.649. The SMILES string of the molecule is COc1cc(O)c(Cl)c(-c2cc3cnc(N[C@H]4CCCOC4)nc3cn2)c1Cl. The molecule has 1 aromatic carbocycles. The summed E-state index contributed by atoms with van der Waals surface area (Å²) in [5, 5.41) is 14.5. The summed E-state index contributed by atoms with van der Waals surface area (Å²) in [6.45, 7) is 1.45. The molecule has 0 spiro atoms. The monoisotopic (exact) mass is 420 g/mol. The van der Waals surface area contributed by atoms with Crippen LogP contribution < -0.4 is 10.1 Å². The van der Waals surface area contributed by atoms with E-state index in [1.807, 2.05) is 0 Å². The molecule has 1 atom stereocenters. The van der Waals surface area contributed by atoms with Gasteiger partial charge in [0.1, 0.15) is 11.5 Å². The third-order valence-corrected chi connectivity index (χ3v) is 5.34. The van der Waals surface area contributed by atoms with Crippen molar-refractivity contribution in [1.29, 1.82) is 0 Å². The Labute approximate surface area is 171 Å². The number of pyridine rings is 1. The number of aromatic hydroxyl groups is 1. The third-order valence-electron chi connectivity index (χ3n) is 4.58. The normalized spacial score (nSPS) is 16.9. The van der Waals surface area contributed by atoms with E-state index in [0.717, 1.165) is 24.8 Å². The maximum Gasteiger partial charge on any atom is 0.223 e. The number of fused-ring (bicyclic) bond motifs is 1. The first-order chi connectivity index (χ1) is 13.6. The maximum absolute atomic E-state index is 10.1. The number of ether oxygens (including phenoxy) is 2. The largest absolute Gasteiger partial charge is 0.506 e. The molecule has 146 valence electrons. The van der Waals surface area contributed by atoms with E-state index in [1.54, 1.807) is 18.5 Å². The van der Waals surface area contributed by atoms with Gasteiger partial charge in [-0.05, 0) is 18.9 Å². The van der Waals surface area contributed by atoms with E-state index in [2.05, 4.69) is 20.3 Å². The molecule has 1 aliphatic heterocycles. The van der Waals surface area contributed by atoms with Crippen molar-refractivity contribution in [2.45, 2.75) is 18.9 Å². The minimum Gasteiger partial charge on any atom is -0.506 e. The van der Waals surface area contributed by atoms with Gasteiger partial charge in [0.2, 0.25) is 5.95 Å². The number of nitrogens with zero attached hydrogens (tertiary/aromatic N) is 3. The van der Waals surface area contributed by atoms with Gasteiger partial charge in [-0.1, -0.05) is 23.2 Å². The molecule has 3 heterocycles. The zero-order chi connectivity index (χ0) is 19.7. The second kappa shape index (κ2) is 7.95. The summed E-state index contributed by atoms with van der Waals surface area (Å²) in [4.78, 5) is 13.3. The lowest BCUT2D eigenvalue weighted by atomic mass is 10.1. The van der Waals surface area contributed by atoms with Crippen molar-refractivity contribution in [2.75, 3.05) is 25.6 Å². The fraction of sp³-hybridized carbons (Fsp3) is 0.316. The van der Waals surface area contributed by atoms with Gasteiger partial charge in [-0.2, -0.15) is 0 Å². The second-order valence-electron chi connectivity index (χ2n) is 6.48. The summed E-state index contributed by atoms with van der Waals surface area (Å²) in [5.74, 6) is 0.712. The zero-order valence-electron chi connectivity index (χ0n) is 15.1. The summed E-state index contributed by atoms with van der Waals surface area (Å²) in [5.41, 5.74) is 1.56. The summed E-state index contributed by atoms with van der Waals surface area (Å²) in [7, 11) is 1.46. The molecule has 1 saturated heterocycles. The van der Waals surface area contributed by atoms with Crippen molar-refractivity contribution >= 4 is 40.1 Å². The van der Waals surface area contributed by atoms with Crippen LogP contribution in [0.25, 0.3) is 22.2 Å². The molecule has 0 unspecified atom stereocenters. The minimum absolute atomic E-state index is 0.106. The summed E-state index contributed by atoms with van der Waals surface area (Å²) < 4.78 is 10.7. The van der Waals surface area contributed by atoms with Crippen LogP contribution >= 0.6 is 23.2 Å². The van der Waals surface area contributed by atoms with Crippen LogP contribution in [0.3, 0.4) is 0 Å². The number of benzene rings is 1. The van der Waals surface area contributed by atoms with Gasteiger partial charge < -0.3 is 19.9 Å². The van der Waals surface area contributed by atoms with Gasteiger partial charge >= 0.3 is 0 Å². The average Bonchev–Trinajstić information content (AvgIpc) is 2.71. The number of methoxy groups -OCH3 is 1. The molecule has 0 amide bonds. The summed E-state index contributed by atoms with van der Waals surface area (Å²) in [6, 6.07) is 3.34. The number of halogens is 2. The second-order valence-corrected chi connectivity index (χ2v) is 7.24. The first-order valence-electron chi connectivity index (χ1n) is 8.79. The van der Waals surface area contributed by atoms with E-state index < -0.39 is 0 Å². The van der Waals surface area contributed by atoms with Gasteiger partial charge in [-0.3, -0.25) is 4.98 Å². The van der Waals surface area contributed by atoms with E-state index in [1.165, 1.54) is 13.2 Å². The molecular formula is C19H18Cl2N4O3. The standard InChI is InChI=1S/C19H18Cl2N4O3/c1-27-15-6-14(26)17(20)16(18(15)21)12-5-10-7-23-19(25-13(10)8-22-12)24-11-3-2-4-28-9-11/h5-8,11,26H,2-4,9H2,1H3,(H,23,24,25)/t11-/m0/s1. The molecule has 2 aromatic heterocycles. The lowest BCUT2D eigenvalue weighted by Gasteiger charge is -2.23. The first kappa shape index (κ1) is 19.0. The van der Waals surface area contributed by atoms with Crippen LogP contribution in [0.1, 0.15) is 12.8 Å². The van der Waals surface area contributed by atoms with Crippen molar-refractivity contribution in [2.24, 2.45) is 0 Å². The van der Waals surface area contributed by atoms with Crippen LogP contribution in [-0.2, 0) is 4.74 Å². The topological polar surface area (TPSA) is 89.4 Å². The molecule has 4 rings (SSSR count). The Balaban J connectivity index is 1.69. The molecule has 2 N–H and O–H groups in total. The van der Waals surface area contributed by atoms with Crippen molar-refractivity contribution < 1.29 is 14.6 Å². The van der Waals surface area contributed by atoms with Crippen molar-refractivity contribution in [3.63, 3.8) is 0 Å². The number of nitrogens with one attached hydrogen (secondary N) is 1. The molecule has 9 heteroatoms. The smallest absolute Gasteiger partial charge is 0.223 e. The van der Waals surface area contributed by atoms with E-state index in [9.17, 15) is 5.11 Å². The van der Waals surface area contributed by atoms with Crippen LogP contribution in [0, 0.1) is 0 Å². The van der Waals surface area contributed by atoms with E-state index in [-0.39, 0.29) is 21.8 Å². The number of hydrogen-bond acceptors (Lipinski definition) is 7. The van der Waals surface area contributed by atoms with Gasteiger partial charge in [0.15, 0.2) is 0 Å². The van der Waals surface area contributed by atoms with Gasteiger partial charge in [0.05, 0.1) is 47.2 Å². The molecule has 3 aromatic rings. The molecule has 0 bridgehead atoms. The number of aromatic nitrogens is 3. The maximum atomic E-state index is 10.1. The predicted octanol–water partition coefficient (Wildman–Crippen LogP) is 4.30. The van der Waals surface area contributed by atoms with Crippen molar-refractivity contribution in [3.8, 4) is 22.8 Å². The van der Waals surface area contributed by atoms with Crippen LogP contribution in [0.5, 0.6) is 11.5 Å². The number of anilines is 1. The van der Waals surface area contributed by atoms with Crippen LogP contribution in [0.2, 0.25) is 10.0 Å². The number of phenols is 1. The van der Waals surface area contributed by atoms with E-state index in [0.29, 0.717) is 35.1 Å². The zero-order valence-corrected chi connectivity index (χ0v) is 16.6. The molecule has 1 aliphatic rings. The number of rotatable bonds is 4. The van der Waals surface area contributed by atoms with Gasteiger partial charge in [-0.25, -0.2) is 9.97 Å². The Morgan fingerprint density at radius 2 is 2.07 bits per heavy atom. The lowest BCUT2D eigenvalue weighted by Crippen LogP contribution is -2.30. The minimum atomic E-state index is -0.134. The fourth-order valence-electron chi connectivity index (χ4n) is 3.15. The number of phenolic OH excluding ortho intramolecular Hbond substituents is 1. The van der Waals surface area contributed by atoms with E-state index >= 15 is 0 Å². The highest BCUT2D eigenvalue weighted by Gasteiger charge is 2.20. The molecule has 0 saturated carbocycles.